The molecular formula is C21H21ClF3N3O2. The molecule has 2 aliphatic rings. The molecule has 2 fully saturated rings. The van der Waals surface area contributed by atoms with Crippen LogP contribution >= 0.6 is 11.6 Å². The highest BCUT2D eigenvalue weighted by molar-refractivity contribution is 6.30. The van der Waals surface area contributed by atoms with Crippen molar-refractivity contribution in [2.75, 3.05) is 6.54 Å². The standard InChI is InChI=1S/C21H21ClF3N3O2/c22-14-4-1-12(2-5-14)18-13(3-6-17(29)27-15-7-10-26-19(15)30)11-16(28-18)20(8-9-20)21(23,24)25/h1-2,4-5,11,15,28H,3,6-10H2,(H,26,30)(H,27,29). The maximum absolute atomic E-state index is 13.6. The summed E-state index contributed by atoms with van der Waals surface area (Å²) in [6, 6.07) is 7.79. The molecule has 1 saturated heterocycles. The molecule has 2 heterocycles. The van der Waals surface area contributed by atoms with Crippen LogP contribution in [0, 0.1) is 0 Å². The first-order valence-corrected chi connectivity index (χ1v) is 10.2. The fraction of sp³-hybridized carbons (Fsp3) is 0.429. The highest BCUT2D eigenvalue weighted by atomic mass is 35.5. The summed E-state index contributed by atoms with van der Waals surface area (Å²) in [7, 11) is 0. The molecule has 1 saturated carbocycles. The predicted octanol–water partition coefficient (Wildman–Crippen LogP) is 3.87. The van der Waals surface area contributed by atoms with E-state index in [4.69, 9.17) is 11.6 Å². The second kappa shape index (κ2) is 7.65. The van der Waals surface area contributed by atoms with Gasteiger partial charge in [-0.05, 0) is 55.0 Å². The zero-order chi connectivity index (χ0) is 21.5. The molecule has 1 atom stereocenters. The number of hydrogen-bond acceptors (Lipinski definition) is 2. The number of carbonyl (C=O) groups is 2. The molecule has 1 aromatic heterocycles. The summed E-state index contributed by atoms with van der Waals surface area (Å²) in [5.41, 5.74) is 0.189. The van der Waals surface area contributed by atoms with E-state index in [1.165, 1.54) is 6.07 Å². The van der Waals surface area contributed by atoms with Crippen molar-refractivity contribution in [3.63, 3.8) is 0 Å². The van der Waals surface area contributed by atoms with E-state index < -0.39 is 17.6 Å². The Hall–Kier alpha value is -2.48. The van der Waals surface area contributed by atoms with Gasteiger partial charge in [-0.1, -0.05) is 23.7 Å². The second-order valence-corrected chi connectivity index (χ2v) is 8.31. The third-order valence-corrected chi connectivity index (χ3v) is 6.10. The summed E-state index contributed by atoms with van der Waals surface area (Å²) >= 11 is 5.94. The maximum Gasteiger partial charge on any atom is 0.399 e. The molecule has 3 N–H and O–H groups in total. The number of H-pyrrole nitrogens is 1. The average Bonchev–Trinajstić information content (AvgIpc) is 3.27. The Kier molecular flexibility index (Phi) is 5.30. The zero-order valence-corrected chi connectivity index (χ0v) is 16.8. The topological polar surface area (TPSA) is 74.0 Å². The molecular weight excluding hydrogens is 419 g/mol. The van der Waals surface area contributed by atoms with Gasteiger partial charge < -0.3 is 15.6 Å². The number of amides is 2. The quantitative estimate of drug-likeness (QED) is 0.639. The molecule has 1 unspecified atom stereocenters. The van der Waals surface area contributed by atoms with Gasteiger partial charge in [-0.15, -0.1) is 0 Å². The Morgan fingerprint density at radius 1 is 1.23 bits per heavy atom. The van der Waals surface area contributed by atoms with E-state index >= 15 is 0 Å². The first kappa shape index (κ1) is 20.8. The molecule has 2 amide bonds. The van der Waals surface area contributed by atoms with Gasteiger partial charge in [0, 0.05) is 29.4 Å². The number of aromatic amines is 1. The lowest BCUT2D eigenvalue weighted by molar-refractivity contribution is -0.161. The molecule has 0 radical (unpaired) electrons. The van der Waals surface area contributed by atoms with Crippen LogP contribution in [0.15, 0.2) is 30.3 Å². The largest absolute Gasteiger partial charge is 0.399 e. The van der Waals surface area contributed by atoms with Gasteiger partial charge in [0.05, 0.1) is 0 Å². The van der Waals surface area contributed by atoms with E-state index in [-0.39, 0.29) is 43.2 Å². The lowest BCUT2D eigenvalue weighted by atomic mass is 10.00. The van der Waals surface area contributed by atoms with Crippen LogP contribution in [0.4, 0.5) is 13.2 Å². The fourth-order valence-corrected chi connectivity index (χ4v) is 4.03. The van der Waals surface area contributed by atoms with Gasteiger partial charge in [-0.2, -0.15) is 13.2 Å². The molecule has 2 aromatic rings. The van der Waals surface area contributed by atoms with Crippen LogP contribution in [0.5, 0.6) is 0 Å². The third kappa shape index (κ3) is 3.93. The Morgan fingerprint density at radius 2 is 1.93 bits per heavy atom. The summed E-state index contributed by atoms with van der Waals surface area (Å²) in [5, 5.41) is 5.85. The summed E-state index contributed by atoms with van der Waals surface area (Å²) in [6.45, 7) is 0.519. The molecule has 1 aromatic carbocycles. The number of aryl methyl sites for hydroxylation is 1. The maximum atomic E-state index is 13.6. The summed E-state index contributed by atoms with van der Waals surface area (Å²) < 4.78 is 40.8. The van der Waals surface area contributed by atoms with Gasteiger partial charge >= 0.3 is 6.18 Å². The van der Waals surface area contributed by atoms with Gasteiger partial charge in [0.2, 0.25) is 11.8 Å². The summed E-state index contributed by atoms with van der Waals surface area (Å²) in [6.07, 6.45) is -3.38. The molecule has 1 aliphatic carbocycles. The van der Waals surface area contributed by atoms with Crippen LogP contribution in [0.3, 0.4) is 0 Å². The van der Waals surface area contributed by atoms with Crippen molar-refractivity contribution in [2.45, 2.75) is 49.7 Å². The summed E-state index contributed by atoms with van der Waals surface area (Å²) in [4.78, 5) is 26.9. The van der Waals surface area contributed by atoms with E-state index in [0.717, 1.165) is 0 Å². The van der Waals surface area contributed by atoms with Gasteiger partial charge in [0.1, 0.15) is 11.5 Å². The molecule has 1 aliphatic heterocycles. The normalized spacial score (nSPS) is 20.1. The first-order valence-electron chi connectivity index (χ1n) is 9.82. The van der Waals surface area contributed by atoms with E-state index in [9.17, 15) is 22.8 Å². The van der Waals surface area contributed by atoms with Crippen LogP contribution < -0.4 is 10.6 Å². The number of halogens is 4. The molecule has 9 heteroatoms. The lowest BCUT2D eigenvalue weighted by Gasteiger charge is -2.17. The highest BCUT2D eigenvalue weighted by Crippen LogP contribution is 2.59. The number of alkyl halides is 3. The van der Waals surface area contributed by atoms with E-state index in [1.54, 1.807) is 24.3 Å². The van der Waals surface area contributed by atoms with E-state index in [2.05, 4.69) is 15.6 Å². The van der Waals surface area contributed by atoms with E-state index in [1.807, 2.05) is 0 Å². The molecule has 160 valence electrons. The van der Waals surface area contributed by atoms with Crippen LogP contribution in [0.2, 0.25) is 5.02 Å². The third-order valence-electron chi connectivity index (χ3n) is 5.85. The van der Waals surface area contributed by atoms with Crippen molar-refractivity contribution < 1.29 is 22.8 Å². The number of rotatable bonds is 6. The number of nitrogens with one attached hydrogen (secondary N) is 3. The highest BCUT2D eigenvalue weighted by Gasteiger charge is 2.65. The number of aromatic nitrogens is 1. The molecule has 0 bridgehead atoms. The van der Waals surface area contributed by atoms with Crippen LogP contribution in [-0.2, 0) is 21.4 Å². The van der Waals surface area contributed by atoms with Gasteiger partial charge in [0.15, 0.2) is 0 Å². The molecule has 30 heavy (non-hydrogen) atoms. The Balaban J connectivity index is 1.57. The predicted molar refractivity (Wildman–Crippen MR) is 106 cm³/mol. The number of carbonyl (C=O) groups excluding carboxylic acids is 2. The minimum atomic E-state index is -4.33. The van der Waals surface area contributed by atoms with Crippen LogP contribution in [-0.4, -0.2) is 35.6 Å². The monoisotopic (exact) mass is 439 g/mol. The number of hydrogen-bond donors (Lipinski definition) is 3. The van der Waals surface area contributed by atoms with Crippen molar-refractivity contribution >= 4 is 23.4 Å². The minimum Gasteiger partial charge on any atom is -0.357 e. The van der Waals surface area contributed by atoms with Crippen molar-refractivity contribution in [1.82, 2.24) is 15.6 Å². The van der Waals surface area contributed by atoms with Gasteiger partial charge in [-0.3, -0.25) is 9.59 Å². The fourth-order valence-electron chi connectivity index (χ4n) is 3.90. The van der Waals surface area contributed by atoms with Gasteiger partial charge in [0.25, 0.3) is 0 Å². The van der Waals surface area contributed by atoms with Gasteiger partial charge in [-0.25, -0.2) is 0 Å². The lowest BCUT2D eigenvalue weighted by Crippen LogP contribution is -2.40. The zero-order valence-electron chi connectivity index (χ0n) is 16.0. The Bertz CT molecular complexity index is 965. The molecule has 4 rings (SSSR count). The Labute approximate surface area is 176 Å². The first-order chi connectivity index (χ1) is 14.2. The molecule has 5 nitrogen and oxygen atoms in total. The smallest absolute Gasteiger partial charge is 0.357 e. The van der Waals surface area contributed by atoms with Crippen molar-refractivity contribution in [1.29, 1.82) is 0 Å². The van der Waals surface area contributed by atoms with Crippen molar-refractivity contribution in [3.8, 4) is 11.3 Å². The Morgan fingerprint density at radius 3 is 2.50 bits per heavy atom. The van der Waals surface area contributed by atoms with Crippen molar-refractivity contribution in [3.05, 3.63) is 46.6 Å². The molecule has 0 spiro atoms. The van der Waals surface area contributed by atoms with Crippen LogP contribution in [0.1, 0.15) is 36.9 Å². The second-order valence-electron chi connectivity index (χ2n) is 7.87. The van der Waals surface area contributed by atoms with E-state index in [0.29, 0.717) is 34.8 Å². The number of benzene rings is 1. The van der Waals surface area contributed by atoms with Crippen LogP contribution in [0.25, 0.3) is 11.3 Å². The SMILES string of the molecule is O=C(CCc1cc(C2(C(F)(F)F)CC2)[nH]c1-c1ccc(Cl)cc1)NC1CCNC1=O. The summed E-state index contributed by atoms with van der Waals surface area (Å²) in [5.74, 6) is -0.520. The average molecular weight is 440 g/mol. The minimum absolute atomic E-state index is 0.0494. The van der Waals surface area contributed by atoms with Crippen molar-refractivity contribution in [2.24, 2.45) is 0 Å².